The van der Waals surface area contributed by atoms with Crippen molar-refractivity contribution < 1.29 is 28.7 Å². The van der Waals surface area contributed by atoms with E-state index in [2.05, 4.69) is 69.1 Å². The molecule has 0 spiro atoms. The standard InChI is InChI=1S/C46H54N8O6/c1-6-31(51-45(57)59-4)43(55)53-19-7-9-36(53)41-47-32-17-13-25(22-34(32)49-41)29-15-16-30(39-28-12-11-27(21-28)38(29)39)26-14-18-33-35(23-26)50-42(48-33)37-10-8-20-54(37)44(56)40(24(2)3)52-46(58)60-5/h13-18,22-24,27-28,31,36-37,40H,6-12,19-21H2,1-5H3,(H,47,49)(H,48,50)(H,51,57)(H,52,58). The third kappa shape index (κ3) is 6.93. The minimum atomic E-state index is -0.689. The summed E-state index contributed by atoms with van der Waals surface area (Å²) in [5, 5.41) is 5.42. The Balaban J connectivity index is 0.995. The lowest BCUT2D eigenvalue weighted by molar-refractivity contribution is -0.135. The molecule has 14 nitrogen and oxygen atoms in total. The van der Waals surface area contributed by atoms with Crippen LogP contribution in [0.1, 0.15) is 119 Å². The van der Waals surface area contributed by atoms with Gasteiger partial charge in [-0.3, -0.25) is 9.59 Å². The van der Waals surface area contributed by atoms with E-state index in [4.69, 9.17) is 19.4 Å². The molecule has 14 heteroatoms. The summed E-state index contributed by atoms with van der Waals surface area (Å²) < 4.78 is 9.58. The number of imidazole rings is 2. The van der Waals surface area contributed by atoms with E-state index in [1.165, 1.54) is 49.3 Å². The zero-order chi connectivity index (χ0) is 41.8. The molecular weight excluding hydrogens is 761 g/mol. The first-order chi connectivity index (χ1) is 29.1. The van der Waals surface area contributed by atoms with Gasteiger partial charge in [0, 0.05) is 13.1 Å². The molecule has 4 amide bonds. The number of fused-ring (bicyclic) bond motifs is 7. The van der Waals surface area contributed by atoms with Crippen molar-refractivity contribution >= 4 is 46.1 Å². The lowest BCUT2D eigenvalue weighted by Gasteiger charge is -2.29. The highest BCUT2D eigenvalue weighted by Crippen LogP contribution is 2.58. The van der Waals surface area contributed by atoms with E-state index in [1.807, 2.05) is 30.6 Å². The van der Waals surface area contributed by atoms with Crippen molar-refractivity contribution in [2.24, 2.45) is 5.92 Å². The summed E-state index contributed by atoms with van der Waals surface area (Å²) in [4.78, 5) is 72.2. The number of nitrogens with one attached hydrogen (secondary N) is 4. The number of H-pyrrole nitrogens is 2. The Labute approximate surface area is 349 Å². The zero-order valence-corrected chi connectivity index (χ0v) is 35.0. The maximum atomic E-state index is 13.8. The third-order valence-electron chi connectivity index (χ3n) is 13.4. The molecule has 314 valence electrons. The third-order valence-corrected chi connectivity index (χ3v) is 13.4. The minimum absolute atomic E-state index is 0.106. The number of alkyl carbamates (subject to hydrolysis) is 2. The minimum Gasteiger partial charge on any atom is -0.453 e. The monoisotopic (exact) mass is 814 g/mol. The molecule has 6 atom stereocenters. The molecule has 0 radical (unpaired) electrons. The van der Waals surface area contributed by atoms with E-state index >= 15 is 0 Å². The average Bonchev–Trinajstić information content (AvgIpc) is 4.12. The maximum Gasteiger partial charge on any atom is 0.407 e. The number of ether oxygens (including phenoxy) is 2. The number of nitrogens with zero attached hydrogens (tertiary/aromatic N) is 4. The molecule has 2 bridgehead atoms. The van der Waals surface area contributed by atoms with Crippen molar-refractivity contribution in [2.75, 3.05) is 27.3 Å². The van der Waals surface area contributed by atoms with Crippen LogP contribution in [0.3, 0.4) is 0 Å². The number of amides is 4. The first kappa shape index (κ1) is 39.5. The van der Waals surface area contributed by atoms with Gasteiger partial charge >= 0.3 is 12.2 Å². The molecule has 2 saturated heterocycles. The molecule has 4 aliphatic rings. The summed E-state index contributed by atoms with van der Waals surface area (Å²) >= 11 is 0. The van der Waals surface area contributed by atoms with Crippen LogP contribution in [-0.4, -0.2) is 93.1 Å². The molecule has 6 unspecified atom stereocenters. The topological polar surface area (TPSA) is 175 Å². The molecule has 60 heavy (non-hydrogen) atoms. The molecule has 3 fully saturated rings. The van der Waals surface area contributed by atoms with E-state index in [1.54, 1.807) is 0 Å². The lowest BCUT2D eigenvalue weighted by atomic mass is 9.81. The van der Waals surface area contributed by atoms with Gasteiger partial charge in [-0.15, -0.1) is 0 Å². The van der Waals surface area contributed by atoms with Crippen molar-refractivity contribution in [1.82, 2.24) is 40.4 Å². The van der Waals surface area contributed by atoms with Crippen LogP contribution in [0, 0.1) is 5.92 Å². The molecule has 4 N–H and O–H groups in total. The lowest BCUT2D eigenvalue weighted by Crippen LogP contribution is -2.51. The van der Waals surface area contributed by atoms with Crippen LogP contribution in [-0.2, 0) is 19.1 Å². The highest BCUT2D eigenvalue weighted by Gasteiger charge is 2.41. The fourth-order valence-corrected chi connectivity index (χ4v) is 10.5. The summed E-state index contributed by atoms with van der Waals surface area (Å²) in [6.07, 6.45) is 6.07. The molecule has 2 aliphatic heterocycles. The van der Waals surface area contributed by atoms with Crippen molar-refractivity contribution in [2.45, 2.75) is 108 Å². The molecule has 5 aromatic rings. The molecule has 3 aromatic carbocycles. The molecule has 2 aliphatic carbocycles. The summed E-state index contributed by atoms with van der Waals surface area (Å²) in [6, 6.07) is 15.7. The van der Waals surface area contributed by atoms with E-state index in [0.717, 1.165) is 76.9 Å². The Bertz CT molecular complexity index is 2490. The summed E-state index contributed by atoms with van der Waals surface area (Å²) in [5.41, 5.74) is 11.3. The van der Waals surface area contributed by atoms with Crippen LogP contribution >= 0.6 is 0 Å². The maximum absolute atomic E-state index is 13.8. The zero-order valence-electron chi connectivity index (χ0n) is 35.0. The van der Waals surface area contributed by atoms with Crippen LogP contribution in [0.25, 0.3) is 44.3 Å². The Hall–Kier alpha value is -5.92. The van der Waals surface area contributed by atoms with Gasteiger partial charge in [0.2, 0.25) is 11.8 Å². The number of carbonyl (C=O) groups excluding carboxylic acids is 4. The second kappa shape index (κ2) is 15.9. The summed E-state index contributed by atoms with van der Waals surface area (Å²) in [6.45, 7) is 6.93. The van der Waals surface area contributed by atoms with Gasteiger partial charge in [-0.1, -0.05) is 45.0 Å². The van der Waals surface area contributed by atoms with Gasteiger partial charge in [-0.2, -0.15) is 0 Å². The van der Waals surface area contributed by atoms with Crippen molar-refractivity contribution in [3.8, 4) is 22.3 Å². The number of benzene rings is 3. The summed E-state index contributed by atoms with van der Waals surface area (Å²) in [5.74, 6) is 2.19. The number of hydrogen-bond donors (Lipinski definition) is 4. The SMILES string of the molecule is CCC(NC(=O)OC)C(=O)N1CCCC1c1nc2ccc(-c3ccc(-c4ccc5nc(C6CCCN6C(=O)C(NC(=O)OC)C(C)C)[nH]c5c4)c4c3C3CCC4C3)cc2[nH]1. The molecule has 1 saturated carbocycles. The quantitative estimate of drug-likeness (QED) is 0.110. The fraction of sp³-hybridized carbons (Fsp3) is 0.478. The Morgan fingerprint density at radius 1 is 0.717 bits per heavy atom. The van der Waals surface area contributed by atoms with Crippen LogP contribution in [0.2, 0.25) is 0 Å². The summed E-state index contributed by atoms with van der Waals surface area (Å²) in [7, 11) is 2.60. The van der Waals surface area contributed by atoms with Crippen LogP contribution in [0.4, 0.5) is 9.59 Å². The van der Waals surface area contributed by atoms with Gasteiger partial charge in [0.05, 0.1) is 48.4 Å². The highest BCUT2D eigenvalue weighted by atomic mass is 16.5. The van der Waals surface area contributed by atoms with Gasteiger partial charge in [0.15, 0.2) is 0 Å². The Kier molecular flexibility index (Phi) is 10.5. The molecular formula is C46H54N8O6. The normalized spacial score (nSPS) is 21.8. The highest BCUT2D eigenvalue weighted by molar-refractivity contribution is 5.90. The van der Waals surface area contributed by atoms with E-state index < -0.39 is 24.3 Å². The number of rotatable bonds is 10. The van der Waals surface area contributed by atoms with Crippen molar-refractivity contribution in [3.63, 3.8) is 0 Å². The van der Waals surface area contributed by atoms with Crippen LogP contribution in [0.5, 0.6) is 0 Å². The number of likely N-dealkylation sites (tertiary alicyclic amines) is 2. The van der Waals surface area contributed by atoms with Gasteiger partial charge in [0.25, 0.3) is 0 Å². The predicted molar refractivity (Wildman–Crippen MR) is 227 cm³/mol. The molecule has 9 rings (SSSR count). The second-order valence-corrected chi connectivity index (χ2v) is 17.2. The van der Waals surface area contributed by atoms with Crippen LogP contribution < -0.4 is 10.6 Å². The molecule has 2 aromatic heterocycles. The Morgan fingerprint density at radius 3 is 1.70 bits per heavy atom. The average molecular weight is 815 g/mol. The van der Waals surface area contributed by atoms with Crippen molar-refractivity contribution in [1.29, 1.82) is 0 Å². The largest absolute Gasteiger partial charge is 0.453 e. The van der Waals surface area contributed by atoms with Gasteiger partial charge in [-0.05, 0) is 127 Å². The predicted octanol–water partition coefficient (Wildman–Crippen LogP) is 7.98. The van der Waals surface area contributed by atoms with E-state index in [-0.39, 0.29) is 29.8 Å². The van der Waals surface area contributed by atoms with Gasteiger partial charge in [-0.25, -0.2) is 19.6 Å². The van der Waals surface area contributed by atoms with Crippen molar-refractivity contribution in [3.05, 3.63) is 71.3 Å². The molecule has 4 heterocycles. The first-order valence-corrected chi connectivity index (χ1v) is 21.5. The Morgan fingerprint density at radius 2 is 1.22 bits per heavy atom. The fourth-order valence-electron chi connectivity index (χ4n) is 10.5. The number of methoxy groups -OCH3 is 2. The number of hydrogen-bond acceptors (Lipinski definition) is 8. The van der Waals surface area contributed by atoms with Gasteiger partial charge < -0.3 is 39.9 Å². The number of aromatic nitrogens is 4. The van der Waals surface area contributed by atoms with E-state index in [9.17, 15) is 19.2 Å². The first-order valence-electron chi connectivity index (χ1n) is 21.5. The second-order valence-electron chi connectivity index (χ2n) is 17.2. The van der Waals surface area contributed by atoms with Crippen LogP contribution in [0.15, 0.2) is 48.5 Å². The number of aromatic amines is 2. The van der Waals surface area contributed by atoms with E-state index in [0.29, 0.717) is 31.3 Å². The smallest absolute Gasteiger partial charge is 0.407 e. The number of carbonyl (C=O) groups is 4. The van der Waals surface area contributed by atoms with Gasteiger partial charge in [0.1, 0.15) is 23.7 Å².